The molecule has 102 valence electrons. The second kappa shape index (κ2) is 6.74. The number of rotatable bonds is 6. The summed E-state index contributed by atoms with van der Waals surface area (Å²) in [5, 5.41) is 3.40. The standard InChI is InChI=1S/C15H24FNO/c1-10(2)17-12(5)8-13-6-7-15(14(16)9-13)18-11(3)4/h6-7,9-12,17H,8H2,1-5H3. The fraction of sp³-hybridized carbons (Fsp3) is 0.600. The molecule has 3 heteroatoms. The molecule has 1 aromatic carbocycles. The van der Waals surface area contributed by atoms with Crippen molar-refractivity contribution in [2.75, 3.05) is 0 Å². The van der Waals surface area contributed by atoms with Crippen molar-refractivity contribution in [3.05, 3.63) is 29.6 Å². The quantitative estimate of drug-likeness (QED) is 0.837. The van der Waals surface area contributed by atoms with Crippen LogP contribution in [0, 0.1) is 5.82 Å². The molecule has 2 nitrogen and oxygen atoms in total. The molecular weight excluding hydrogens is 229 g/mol. The summed E-state index contributed by atoms with van der Waals surface area (Å²) in [7, 11) is 0. The van der Waals surface area contributed by atoms with E-state index in [1.165, 1.54) is 0 Å². The van der Waals surface area contributed by atoms with E-state index in [4.69, 9.17) is 4.74 Å². The molecule has 1 aromatic rings. The lowest BCUT2D eigenvalue weighted by Crippen LogP contribution is -2.33. The van der Waals surface area contributed by atoms with Crippen LogP contribution in [0.1, 0.15) is 40.2 Å². The highest BCUT2D eigenvalue weighted by Crippen LogP contribution is 2.20. The van der Waals surface area contributed by atoms with Gasteiger partial charge in [-0.1, -0.05) is 19.9 Å². The Morgan fingerprint density at radius 3 is 2.33 bits per heavy atom. The zero-order valence-electron chi connectivity index (χ0n) is 12.0. The van der Waals surface area contributed by atoms with Gasteiger partial charge < -0.3 is 10.1 Å². The van der Waals surface area contributed by atoms with Crippen molar-refractivity contribution in [2.24, 2.45) is 0 Å². The van der Waals surface area contributed by atoms with Crippen molar-refractivity contribution < 1.29 is 9.13 Å². The summed E-state index contributed by atoms with van der Waals surface area (Å²) in [6.45, 7) is 10.1. The van der Waals surface area contributed by atoms with Crippen molar-refractivity contribution in [2.45, 2.75) is 59.2 Å². The van der Waals surface area contributed by atoms with Gasteiger partial charge in [-0.15, -0.1) is 0 Å². The van der Waals surface area contributed by atoms with Gasteiger partial charge in [0.25, 0.3) is 0 Å². The van der Waals surface area contributed by atoms with Crippen LogP contribution in [0.15, 0.2) is 18.2 Å². The minimum atomic E-state index is -0.280. The van der Waals surface area contributed by atoms with E-state index in [1.807, 2.05) is 19.9 Å². The first-order valence-corrected chi connectivity index (χ1v) is 6.59. The Bertz CT molecular complexity index is 377. The van der Waals surface area contributed by atoms with Gasteiger partial charge in [-0.3, -0.25) is 0 Å². The number of nitrogens with one attached hydrogen (secondary N) is 1. The van der Waals surface area contributed by atoms with Crippen LogP contribution in [-0.4, -0.2) is 18.2 Å². The predicted molar refractivity (Wildman–Crippen MR) is 73.6 cm³/mol. The first kappa shape index (κ1) is 15.0. The third-order valence-corrected chi connectivity index (χ3v) is 2.52. The summed E-state index contributed by atoms with van der Waals surface area (Å²) in [4.78, 5) is 0. The van der Waals surface area contributed by atoms with Crippen molar-refractivity contribution in [3.8, 4) is 5.75 Å². The summed E-state index contributed by atoms with van der Waals surface area (Å²) in [6, 6.07) is 5.98. The summed E-state index contributed by atoms with van der Waals surface area (Å²) in [6.07, 6.45) is 0.809. The molecule has 0 saturated carbocycles. The van der Waals surface area contributed by atoms with Gasteiger partial charge in [0.05, 0.1) is 6.10 Å². The minimum Gasteiger partial charge on any atom is -0.488 e. The first-order valence-electron chi connectivity index (χ1n) is 6.59. The fourth-order valence-corrected chi connectivity index (χ4v) is 2.00. The molecule has 0 aliphatic carbocycles. The average molecular weight is 253 g/mol. The molecule has 0 bridgehead atoms. The molecule has 1 atom stereocenters. The molecule has 1 unspecified atom stereocenters. The molecule has 18 heavy (non-hydrogen) atoms. The number of benzene rings is 1. The summed E-state index contributed by atoms with van der Waals surface area (Å²) >= 11 is 0. The van der Waals surface area contributed by atoms with Gasteiger partial charge in [-0.05, 0) is 44.9 Å². The zero-order chi connectivity index (χ0) is 13.7. The lowest BCUT2D eigenvalue weighted by atomic mass is 10.1. The molecular formula is C15H24FNO. The van der Waals surface area contributed by atoms with Crippen LogP contribution < -0.4 is 10.1 Å². The Morgan fingerprint density at radius 1 is 1.17 bits per heavy atom. The highest BCUT2D eigenvalue weighted by molar-refractivity contribution is 5.30. The van der Waals surface area contributed by atoms with Gasteiger partial charge >= 0.3 is 0 Å². The van der Waals surface area contributed by atoms with Crippen molar-refractivity contribution in [1.82, 2.24) is 5.32 Å². The Balaban J connectivity index is 2.66. The second-order valence-corrected chi connectivity index (χ2v) is 5.36. The van der Waals surface area contributed by atoms with Crippen LogP contribution >= 0.6 is 0 Å². The maximum absolute atomic E-state index is 13.8. The van der Waals surface area contributed by atoms with E-state index in [1.54, 1.807) is 12.1 Å². The molecule has 0 heterocycles. The van der Waals surface area contributed by atoms with Gasteiger partial charge in [0.2, 0.25) is 0 Å². The second-order valence-electron chi connectivity index (χ2n) is 5.36. The van der Waals surface area contributed by atoms with Crippen LogP contribution in [0.4, 0.5) is 4.39 Å². The normalized spacial score (nSPS) is 13.1. The monoisotopic (exact) mass is 253 g/mol. The van der Waals surface area contributed by atoms with E-state index < -0.39 is 0 Å². The predicted octanol–water partition coefficient (Wildman–Crippen LogP) is 3.54. The molecule has 0 aromatic heterocycles. The molecule has 0 fully saturated rings. The Kier molecular flexibility index (Phi) is 5.60. The largest absolute Gasteiger partial charge is 0.488 e. The average Bonchev–Trinajstić information content (AvgIpc) is 2.20. The highest BCUT2D eigenvalue weighted by Gasteiger charge is 2.09. The van der Waals surface area contributed by atoms with Crippen molar-refractivity contribution in [3.63, 3.8) is 0 Å². The van der Waals surface area contributed by atoms with Gasteiger partial charge in [-0.2, -0.15) is 0 Å². The molecule has 0 spiro atoms. The van der Waals surface area contributed by atoms with Gasteiger partial charge in [0, 0.05) is 12.1 Å². The van der Waals surface area contributed by atoms with Crippen LogP contribution in [0.5, 0.6) is 5.75 Å². The summed E-state index contributed by atoms with van der Waals surface area (Å²) < 4.78 is 19.2. The topological polar surface area (TPSA) is 21.3 Å². The third-order valence-electron chi connectivity index (χ3n) is 2.52. The number of hydrogen-bond donors (Lipinski definition) is 1. The van der Waals surface area contributed by atoms with E-state index in [0.717, 1.165) is 12.0 Å². The van der Waals surface area contributed by atoms with Crippen molar-refractivity contribution >= 4 is 0 Å². The van der Waals surface area contributed by atoms with E-state index in [-0.39, 0.29) is 11.9 Å². The Morgan fingerprint density at radius 2 is 1.83 bits per heavy atom. The number of hydrogen-bond acceptors (Lipinski definition) is 2. The van der Waals surface area contributed by atoms with Crippen LogP contribution in [-0.2, 0) is 6.42 Å². The fourth-order valence-electron chi connectivity index (χ4n) is 2.00. The third kappa shape index (κ3) is 5.05. The highest BCUT2D eigenvalue weighted by atomic mass is 19.1. The van der Waals surface area contributed by atoms with Gasteiger partial charge in [0.15, 0.2) is 11.6 Å². The number of halogens is 1. The van der Waals surface area contributed by atoms with Gasteiger partial charge in [0.1, 0.15) is 0 Å². The van der Waals surface area contributed by atoms with E-state index >= 15 is 0 Å². The maximum atomic E-state index is 13.8. The van der Waals surface area contributed by atoms with Crippen molar-refractivity contribution in [1.29, 1.82) is 0 Å². The smallest absolute Gasteiger partial charge is 0.165 e. The minimum absolute atomic E-state index is 0.00752. The van der Waals surface area contributed by atoms with Gasteiger partial charge in [-0.25, -0.2) is 4.39 Å². The molecule has 0 amide bonds. The maximum Gasteiger partial charge on any atom is 0.165 e. The molecule has 0 aliphatic heterocycles. The van der Waals surface area contributed by atoms with Crippen LogP contribution in [0.25, 0.3) is 0 Å². The molecule has 1 rings (SSSR count). The van der Waals surface area contributed by atoms with Crippen LogP contribution in [0.3, 0.4) is 0 Å². The Labute approximate surface area is 110 Å². The molecule has 0 aliphatic rings. The molecule has 0 radical (unpaired) electrons. The lowest BCUT2D eigenvalue weighted by molar-refractivity contribution is 0.231. The molecule has 0 saturated heterocycles. The van der Waals surface area contributed by atoms with E-state index in [2.05, 4.69) is 26.1 Å². The van der Waals surface area contributed by atoms with E-state index in [0.29, 0.717) is 17.8 Å². The van der Waals surface area contributed by atoms with E-state index in [9.17, 15) is 4.39 Å². The van der Waals surface area contributed by atoms with Crippen LogP contribution in [0.2, 0.25) is 0 Å². The number of ether oxygens (including phenoxy) is 1. The first-order chi connectivity index (χ1) is 8.38. The summed E-state index contributed by atoms with van der Waals surface area (Å²) in [5.74, 6) is 0.0520. The summed E-state index contributed by atoms with van der Waals surface area (Å²) in [5.41, 5.74) is 0.990. The Hall–Kier alpha value is -1.09. The SMILES string of the molecule is CC(C)NC(C)Cc1ccc(OC(C)C)c(F)c1. The lowest BCUT2D eigenvalue weighted by Gasteiger charge is -2.17. The molecule has 1 N–H and O–H groups in total. The zero-order valence-corrected chi connectivity index (χ0v) is 12.0.